The highest BCUT2D eigenvalue weighted by Gasteiger charge is 2.49. The molecule has 1 aliphatic carbocycles. The lowest BCUT2D eigenvalue weighted by molar-refractivity contribution is -0.158. The zero-order chi connectivity index (χ0) is 27.2. The van der Waals surface area contributed by atoms with E-state index in [-0.39, 0.29) is 29.6 Å². The third-order valence-corrected chi connectivity index (χ3v) is 8.00. The van der Waals surface area contributed by atoms with E-state index in [4.69, 9.17) is 0 Å². The lowest BCUT2D eigenvalue weighted by Crippen LogP contribution is -2.67. The summed E-state index contributed by atoms with van der Waals surface area (Å²) in [6, 6.07) is 11.3. The minimum absolute atomic E-state index is 0.0640. The molecule has 3 atom stereocenters. The molecular formula is C29H35N5O3S. The van der Waals surface area contributed by atoms with Gasteiger partial charge in [-0.05, 0) is 92.2 Å². The summed E-state index contributed by atoms with van der Waals surface area (Å²) in [6.45, 7) is 9.78. The molecule has 0 saturated carbocycles. The van der Waals surface area contributed by atoms with Crippen molar-refractivity contribution >= 4 is 39.5 Å². The molecule has 1 aliphatic heterocycles. The molecule has 5 rings (SSSR count). The summed E-state index contributed by atoms with van der Waals surface area (Å²) in [5, 5.41) is 10.3. The molecule has 38 heavy (non-hydrogen) atoms. The van der Waals surface area contributed by atoms with Gasteiger partial charge in [-0.25, -0.2) is 0 Å². The second-order valence-corrected chi connectivity index (χ2v) is 12.7. The minimum Gasteiger partial charge on any atom is -0.349 e. The third kappa shape index (κ3) is 5.16. The lowest BCUT2D eigenvalue weighted by atomic mass is 9.87. The largest absolute Gasteiger partial charge is 0.349 e. The van der Waals surface area contributed by atoms with Crippen molar-refractivity contribution in [1.29, 1.82) is 0 Å². The second kappa shape index (κ2) is 10.1. The fourth-order valence-electron chi connectivity index (χ4n) is 5.72. The van der Waals surface area contributed by atoms with E-state index >= 15 is 0 Å². The number of fused-ring (bicyclic) bond motifs is 2. The number of rotatable bonds is 6. The van der Waals surface area contributed by atoms with Crippen molar-refractivity contribution in [2.75, 3.05) is 0 Å². The summed E-state index contributed by atoms with van der Waals surface area (Å²) in [6.07, 6.45) is 1.89. The Morgan fingerprint density at radius 1 is 1.13 bits per heavy atom. The first kappa shape index (κ1) is 26.3. The van der Waals surface area contributed by atoms with Crippen LogP contribution in [-0.4, -0.2) is 49.8 Å². The molecule has 3 amide bonds. The quantitative estimate of drug-likeness (QED) is 0.502. The SMILES string of the molecule is CC(C)C[C@@H]1C(=O)N[C@H](C2Cc3ccccc3C2)C(=O)N1[C@@H](C(=O)NC(C)(C)C)c1ccc2nnsc2c1. The zero-order valence-corrected chi connectivity index (χ0v) is 23.3. The summed E-state index contributed by atoms with van der Waals surface area (Å²) >= 11 is 1.24. The van der Waals surface area contributed by atoms with Crippen LogP contribution >= 0.6 is 11.5 Å². The van der Waals surface area contributed by atoms with E-state index in [0.29, 0.717) is 24.8 Å². The fourth-order valence-corrected chi connectivity index (χ4v) is 6.32. The fraction of sp³-hybridized carbons (Fsp3) is 0.483. The predicted molar refractivity (Wildman–Crippen MR) is 147 cm³/mol. The van der Waals surface area contributed by atoms with E-state index in [1.165, 1.54) is 22.7 Å². The molecule has 1 aromatic heterocycles. The van der Waals surface area contributed by atoms with Crippen molar-refractivity contribution < 1.29 is 14.4 Å². The number of nitrogens with one attached hydrogen (secondary N) is 2. The Labute approximate surface area is 227 Å². The highest BCUT2D eigenvalue weighted by Crippen LogP contribution is 2.36. The summed E-state index contributed by atoms with van der Waals surface area (Å²) in [7, 11) is 0. The Bertz CT molecular complexity index is 1350. The van der Waals surface area contributed by atoms with Gasteiger partial charge in [0.25, 0.3) is 0 Å². The first-order valence-corrected chi connectivity index (χ1v) is 14.0. The van der Waals surface area contributed by atoms with Crippen molar-refractivity contribution in [2.45, 2.75) is 77.5 Å². The zero-order valence-electron chi connectivity index (χ0n) is 22.5. The van der Waals surface area contributed by atoms with Crippen LogP contribution in [0.25, 0.3) is 10.2 Å². The first-order valence-electron chi connectivity index (χ1n) is 13.2. The smallest absolute Gasteiger partial charge is 0.247 e. The number of aromatic nitrogens is 2. The summed E-state index contributed by atoms with van der Waals surface area (Å²) in [4.78, 5) is 43.6. The van der Waals surface area contributed by atoms with Gasteiger partial charge in [-0.3, -0.25) is 14.4 Å². The molecule has 0 unspecified atom stereocenters. The van der Waals surface area contributed by atoms with Crippen molar-refractivity contribution in [1.82, 2.24) is 25.1 Å². The van der Waals surface area contributed by atoms with Crippen LogP contribution in [0.1, 0.15) is 63.8 Å². The van der Waals surface area contributed by atoms with Crippen LogP contribution in [0.2, 0.25) is 0 Å². The van der Waals surface area contributed by atoms with Crippen molar-refractivity contribution in [3.05, 3.63) is 59.2 Å². The number of hydrogen-bond donors (Lipinski definition) is 2. The molecule has 0 spiro atoms. The average molecular weight is 534 g/mol. The molecule has 9 heteroatoms. The number of hydrogen-bond acceptors (Lipinski definition) is 6. The van der Waals surface area contributed by atoms with Gasteiger partial charge in [0.05, 0.1) is 4.70 Å². The third-order valence-electron chi connectivity index (χ3n) is 7.32. The maximum atomic E-state index is 14.4. The van der Waals surface area contributed by atoms with Crippen molar-refractivity contribution in [3.63, 3.8) is 0 Å². The first-order chi connectivity index (χ1) is 18.0. The predicted octanol–water partition coefficient (Wildman–Crippen LogP) is 3.80. The molecule has 2 heterocycles. The maximum absolute atomic E-state index is 14.4. The molecule has 1 fully saturated rings. The molecule has 8 nitrogen and oxygen atoms in total. The summed E-state index contributed by atoms with van der Waals surface area (Å²) in [5.41, 5.74) is 3.28. The van der Waals surface area contributed by atoms with Gasteiger partial charge >= 0.3 is 0 Å². The Hall–Kier alpha value is -3.33. The molecule has 2 aromatic carbocycles. The summed E-state index contributed by atoms with van der Waals surface area (Å²) < 4.78 is 4.86. The molecular weight excluding hydrogens is 498 g/mol. The highest BCUT2D eigenvalue weighted by molar-refractivity contribution is 7.12. The number of amides is 3. The molecule has 200 valence electrons. The Morgan fingerprint density at radius 3 is 2.45 bits per heavy atom. The van der Waals surface area contributed by atoms with Gasteiger partial charge in [0.15, 0.2) is 0 Å². The van der Waals surface area contributed by atoms with Gasteiger partial charge in [-0.1, -0.05) is 48.7 Å². The average Bonchev–Trinajstić information content (AvgIpc) is 3.48. The second-order valence-electron chi connectivity index (χ2n) is 12.0. The monoisotopic (exact) mass is 533 g/mol. The van der Waals surface area contributed by atoms with Crippen LogP contribution in [0.4, 0.5) is 0 Å². The normalized spacial score (nSPS) is 21.1. The van der Waals surface area contributed by atoms with Gasteiger partial charge < -0.3 is 15.5 Å². The number of piperazine rings is 1. The van der Waals surface area contributed by atoms with E-state index in [1.807, 2.05) is 65.0 Å². The Balaban J connectivity index is 1.58. The molecule has 2 aliphatic rings. The molecule has 3 aromatic rings. The number of nitrogens with zero attached hydrogens (tertiary/aromatic N) is 3. The van der Waals surface area contributed by atoms with Crippen LogP contribution in [0, 0.1) is 11.8 Å². The number of carbonyl (C=O) groups excluding carboxylic acids is 3. The maximum Gasteiger partial charge on any atom is 0.247 e. The Kier molecular flexibility index (Phi) is 6.98. The van der Waals surface area contributed by atoms with E-state index < -0.39 is 23.7 Å². The van der Waals surface area contributed by atoms with Crippen LogP contribution in [0.15, 0.2) is 42.5 Å². The standard InChI is InChI=1S/C29H35N5O3S/c1-16(2)12-22-26(35)30-24(20-13-17-8-6-7-9-18(17)14-20)28(37)34(22)25(27(36)31-29(3,4)5)19-10-11-21-23(15-19)38-33-32-21/h6-11,15-16,20,22,24-25H,12-14H2,1-5H3,(H,30,35)(H,31,36)/t22-,24-,25-/m1/s1. The van der Waals surface area contributed by atoms with Crippen LogP contribution in [-0.2, 0) is 27.2 Å². The van der Waals surface area contributed by atoms with Gasteiger partial charge in [-0.2, -0.15) is 0 Å². The number of benzene rings is 2. The van der Waals surface area contributed by atoms with Crippen LogP contribution in [0.3, 0.4) is 0 Å². The van der Waals surface area contributed by atoms with Crippen molar-refractivity contribution in [3.8, 4) is 0 Å². The van der Waals surface area contributed by atoms with Gasteiger partial charge in [0, 0.05) is 5.54 Å². The topological polar surface area (TPSA) is 104 Å². The van der Waals surface area contributed by atoms with Gasteiger partial charge in [-0.15, -0.1) is 5.10 Å². The van der Waals surface area contributed by atoms with Crippen molar-refractivity contribution in [2.24, 2.45) is 11.8 Å². The molecule has 2 N–H and O–H groups in total. The van der Waals surface area contributed by atoms with E-state index in [1.54, 1.807) is 4.90 Å². The number of carbonyl (C=O) groups is 3. The van der Waals surface area contributed by atoms with E-state index in [9.17, 15) is 14.4 Å². The Morgan fingerprint density at radius 2 is 1.82 bits per heavy atom. The van der Waals surface area contributed by atoms with Gasteiger partial charge in [0.2, 0.25) is 17.7 Å². The lowest BCUT2D eigenvalue weighted by Gasteiger charge is -2.45. The van der Waals surface area contributed by atoms with E-state index in [0.717, 1.165) is 10.2 Å². The minimum atomic E-state index is -0.964. The summed E-state index contributed by atoms with van der Waals surface area (Å²) in [5.74, 6) is -0.628. The van der Waals surface area contributed by atoms with Crippen LogP contribution < -0.4 is 10.6 Å². The highest BCUT2D eigenvalue weighted by atomic mass is 32.1. The van der Waals surface area contributed by atoms with Crippen LogP contribution in [0.5, 0.6) is 0 Å². The molecule has 0 bridgehead atoms. The molecule has 1 saturated heterocycles. The van der Waals surface area contributed by atoms with E-state index in [2.05, 4.69) is 32.4 Å². The molecule has 0 radical (unpaired) electrons. The van der Waals surface area contributed by atoms with Gasteiger partial charge in [0.1, 0.15) is 23.6 Å².